The molecule has 1 atom stereocenters. The number of H-pyrrole nitrogens is 1. The van der Waals surface area contributed by atoms with Gasteiger partial charge in [-0.25, -0.2) is 15.1 Å². The molecule has 0 radical (unpaired) electrons. The van der Waals surface area contributed by atoms with E-state index < -0.39 is 35.5 Å². The molecule has 1 N–H and O–H groups in total. The van der Waals surface area contributed by atoms with Crippen LogP contribution in [0.4, 0.5) is 32.3 Å². The van der Waals surface area contributed by atoms with Gasteiger partial charge in [0.25, 0.3) is 5.56 Å². The SMILES string of the molecule is O=C(CN1CCCC1c1cc(C(F)(F)F)c(=O)[nH]n1)N1CCN(c2ncc(OC(F)(F)F)cn2)CC1. The van der Waals surface area contributed by atoms with Crippen molar-refractivity contribution in [1.29, 1.82) is 0 Å². The highest BCUT2D eigenvalue weighted by Gasteiger charge is 2.37. The van der Waals surface area contributed by atoms with Gasteiger partial charge in [-0.05, 0) is 25.5 Å². The number of carbonyl (C=O) groups is 1. The lowest BCUT2D eigenvalue weighted by Gasteiger charge is -2.36. The molecule has 2 aromatic heterocycles. The van der Waals surface area contributed by atoms with Gasteiger partial charge in [0.15, 0.2) is 5.75 Å². The Bertz CT molecular complexity index is 1130. The lowest BCUT2D eigenvalue weighted by atomic mass is 10.1. The standard InChI is InChI=1S/C20H21F6N7O3/c21-19(22,23)13-8-14(29-30-17(13)35)15-2-1-3-33(15)11-16(34)31-4-6-32(7-5-31)18-27-9-12(10-28-18)36-20(24,25)26/h8-10,15H,1-7,11H2,(H,30,35). The Labute approximate surface area is 199 Å². The lowest BCUT2D eigenvalue weighted by Crippen LogP contribution is -2.51. The zero-order valence-corrected chi connectivity index (χ0v) is 18.6. The smallest absolute Gasteiger partial charge is 0.402 e. The largest absolute Gasteiger partial charge is 0.573 e. The molecular formula is C20H21F6N7O3. The number of piperazine rings is 1. The van der Waals surface area contributed by atoms with Gasteiger partial charge in [0.05, 0.1) is 30.7 Å². The minimum atomic E-state index is -4.85. The third-order valence-electron chi connectivity index (χ3n) is 5.94. The summed E-state index contributed by atoms with van der Waals surface area (Å²) in [6, 6.07) is 0.190. The van der Waals surface area contributed by atoms with Crippen LogP contribution in [-0.4, -0.2) is 81.5 Å². The molecule has 10 nitrogen and oxygen atoms in total. The van der Waals surface area contributed by atoms with Gasteiger partial charge in [0, 0.05) is 26.2 Å². The number of anilines is 1. The van der Waals surface area contributed by atoms with Crippen molar-refractivity contribution in [3.8, 4) is 5.75 Å². The van der Waals surface area contributed by atoms with Crippen LogP contribution >= 0.6 is 0 Å². The highest BCUT2D eigenvalue weighted by atomic mass is 19.4. The summed E-state index contributed by atoms with van der Waals surface area (Å²) >= 11 is 0. The molecule has 36 heavy (non-hydrogen) atoms. The van der Waals surface area contributed by atoms with Crippen molar-refractivity contribution in [2.75, 3.05) is 44.2 Å². The Morgan fingerprint density at radius 2 is 1.72 bits per heavy atom. The average Bonchev–Trinajstić information content (AvgIpc) is 3.26. The van der Waals surface area contributed by atoms with E-state index in [1.54, 1.807) is 14.7 Å². The van der Waals surface area contributed by atoms with Gasteiger partial charge in [-0.15, -0.1) is 13.2 Å². The van der Waals surface area contributed by atoms with Crippen LogP contribution in [0.1, 0.15) is 30.1 Å². The van der Waals surface area contributed by atoms with E-state index in [-0.39, 0.29) is 24.1 Å². The highest BCUT2D eigenvalue weighted by molar-refractivity contribution is 5.78. The molecule has 1 unspecified atom stereocenters. The zero-order valence-electron chi connectivity index (χ0n) is 18.6. The van der Waals surface area contributed by atoms with E-state index in [0.29, 0.717) is 45.6 Å². The Balaban J connectivity index is 1.34. The maximum absolute atomic E-state index is 13.1. The number of carbonyl (C=O) groups excluding carboxylic acids is 1. The maximum atomic E-state index is 13.1. The lowest BCUT2D eigenvalue weighted by molar-refractivity contribution is -0.274. The van der Waals surface area contributed by atoms with Gasteiger partial charge in [-0.3, -0.25) is 14.5 Å². The quantitative estimate of drug-likeness (QED) is 0.596. The Morgan fingerprint density at radius 3 is 2.33 bits per heavy atom. The molecule has 2 fully saturated rings. The van der Waals surface area contributed by atoms with Crippen molar-refractivity contribution in [2.45, 2.75) is 31.4 Å². The third kappa shape index (κ3) is 6.03. The fourth-order valence-corrected chi connectivity index (χ4v) is 4.24. The number of halogens is 6. The van der Waals surface area contributed by atoms with Crippen LogP contribution in [0.15, 0.2) is 23.3 Å². The molecule has 4 rings (SSSR count). The normalized spacial score (nSPS) is 19.6. The summed E-state index contributed by atoms with van der Waals surface area (Å²) in [4.78, 5) is 37.2. The van der Waals surface area contributed by atoms with Gasteiger partial charge in [-0.2, -0.15) is 18.3 Å². The van der Waals surface area contributed by atoms with Gasteiger partial charge < -0.3 is 14.5 Å². The number of aromatic nitrogens is 4. The number of hydrogen-bond donors (Lipinski definition) is 1. The summed E-state index contributed by atoms with van der Waals surface area (Å²) in [5.74, 6) is -0.572. The maximum Gasteiger partial charge on any atom is 0.573 e. The molecule has 2 saturated heterocycles. The molecule has 0 spiro atoms. The minimum absolute atomic E-state index is 0.0349. The summed E-state index contributed by atoms with van der Waals surface area (Å²) in [5, 5.41) is 5.67. The number of alkyl halides is 6. The second-order valence-electron chi connectivity index (χ2n) is 8.30. The summed E-state index contributed by atoms with van der Waals surface area (Å²) in [5.41, 5.74) is -2.61. The minimum Gasteiger partial charge on any atom is -0.402 e. The van der Waals surface area contributed by atoms with E-state index in [0.717, 1.165) is 18.5 Å². The van der Waals surface area contributed by atoms with Crippen molar-refractivity contribution >= 4 is 11.9 Å². The first-order chi connectivity index (χ1) is 16.9. The second kappa shape index (κ2) is 9.91. The van der Waals surface area contributed by atoms with E-state index in [1.807, 2.05) is 5.10 Å². The summed E-state index contributed by atoms with van der Waals surface area (Å²) < 4.78 is 79.9. The fraction of sp³-hybridized carbons (Fsp3) is 0.550. The van der Waals surface area contributed by atoms with Crippen molar-refractivity contribution in [3.05, 3.63) is 40.1 Å². The second-order valence-corrected chi connectivity index (χ2v) is 8.30. The molecular weight excluding hydrogens is 500 g/mol. The molecule has 0 bridgehead atoms. The van der Waals surface area contributed by atoms with Crippen molar-refractivity contribution in [2.24, 2.45) is 0 Å². The summed E-state index contributed by atoms with van der Waals surface area (Å²) in [7, 11) is 0. The molecule has 196 valence electrons. The van der Waals surface area contributed by atoms with E-state index in [4.69, 9.17) is 0 Å². The van der Waals surface area contributed by atoms with E-state index in [2.05, 4.69) is 19.8 Å². The Kier molecular flexibility index (Phi) is 7.06. The number of likely N-dealkylation sites (tertiary alicyclic amines) is 1. The average molecular weight is 521 g/mol. The number of aromatic amines is 1. The van der Waals surface area contributed by atoms with Crippen LogP contribution in [0.2, 0.25) is 0 Å². The molecule has 1 amide bonds. The first-order valence-electron chi connectivity index (χ1n) is 10.9. The number of ether oxygens (including phenoxy) is 1. The highest BCUT2D eigenvalue weighted by Crippen LogP contribution is 2.33. The topological polar surface area (TPSA) is 108 Å². The number of nitrogens with zero attached hydrogens (tertiary/aromatic N) is 6. The summed E-state index contributed by atoms with van der Waals surface area (Å²) in [6.07, 6.45) is -6.70. The van der Waals surface area contributed by atoms with Crippen molar-refractivity contribution in [1.82, 2.24) is 30.0 Å². The van der Waals surface area contributed by atoms with Gasteiger partial charge in [0.2, 0.25) is 11.9 Å². The Morgan fingerprint density at radius 1 is 1.06 bits per heavy atom. The van der Waals surface area contributed by atoms with Gasteiger partial charge in [0.1, 0.15) is 5.56 Å². The third-order valence-corrected chi connectivity index (χ3v) is 5.94. The number of nitrogens with one attached hydrogen (secondary N) is 1. The van der Waals surface area contributed by atoms with Crippen LogP contribution in [0.25, 0.3) is 0 Å². The number of amides is 1. The fourth-order valence-electron chi connectivity index (χ4n) is 4.24. The van der Waals surface area contributed by atoms with Crippen LogP contribution in [0, 0.1) is 0 Å². The van der Waals surface area contributed by atoms with E-state index in [1.165, 1.54) is 0 Å². The Hall–Kier alpha value is -3.43. The molecule has 4 heterocycles. The first kappa shape index (κ1) is 25.7. The van der Waals surface area contributed by atoms with Crippen LogP contribution in [0.3, 0.4) is 0 Å². The van der Waals surface area contributed by atoms with E-state index in [9.17, 15) is 35.9 Å². The predicted octanol–water partition coefficient (Wildman–Crippen LogP) is 1.96. The molecule has 2 aliphatic rings. The molecule has 2 aliphatic heterocycles. The summed E-state index contributed by atoms with van der Waals surface area (Å²) in [6.45, 7) is 1.73. The molecule has 2 aromatic rings. The zero-order chi connectivity index (χ0) is 26.1. The molecule has 0 saturated carbocycles. The van der Waals surface area contributed by atoms with Gasteiger partial charge in [-0.1, -0.05) is 0 Å². The molecule has 0 aromatic carbocycles. The molecule has 0 aliphatic carbocycles. The monoisotopic (exact) mass is 521 g/mol. The van der Waals surface area contributed by atoms with Crippen molar-refractivity contribution in [3.63, 3.8) is 0 Å². The molecule has 16 heteroatoms. The van der Waals surface area contributed by atoms with Crippen LogP contribution in [0.5, 0.6) is 5.75 Å². The van der Waals surface area contributed by atoms with E-state index >= 15 is 0 Å². The van der Waals surface area contributed by atoms with Crippen LogP contribution in [-0.2, 0) is 11.0 Å². The number of rotatable bonds is 5. The predicted molar refractivity (Wildman–Crippen MR) is 111 cm³/mol. The van der Waals surface area contributed by atoms with Crippen LogP contribution < -0.4 is 15.2 Å². The number of hydrogen-bond acceptors (Lipinski definition) is 8. The van der Waals surface area contributed by atoms with Crippen molar-refractivity contribution < 1.29 is 35.9 Å². The first-order valence-corrected chi connectivity index (χ1v) is 10.9. The van der Waals surface area contributed by atoms with Gasteiger partial charge >= 0.3 is 12.5 Å².